The molecule has 1 heterocycles. The van der Waals surface area contributed by atoms with Gasteiger partial charge in [-0.1, -0.05) is 18.5 Å². The topological polar surface area (TPSA) is 82.9 Å². The molecule has 1 aromatic carbocycles. The molecule has 22 heavy (non-hydrogen) atoms. The van der Waals surface area contributed by atoms with E-state index in [0.717, 1.165) is 0 Å². The Morgan fingerprint density at radius 1 is 1.41 bits per heavy atom. The number of anilines is 1. The van der Waals surface area contributed by atoms with Crippen LogP contribution in [0.5, 0.6) is 0 Å². The maximum atomic E-state index is 11.6. The molecule has 0 amide bonds. The van der Waals surface area contributed by atoms with Crippen LogP contribution in [0.25, 0.3) is 10.9 Å². The number of hydrogen-bond acceptors (Lipinski definition) is 5. The van der Waals surface area contributed by atoms with E-state index in [-0.39, 0.29) is 17.5 Å². The zero-order valence-electron chi connectivity index (χ0n) is 12.3. The molecule has 0 aliphatic carbocycles. The van der Waals surface area contributed by atoms with Crippen molar-refractivity contribution < 1.29 is 8.42 Å². The number of benzene rings is 1. The summed E-state index contributed by atoms with van der Waals surface area (Å²) in [6, 6.07) is 8.55. The van der Waals surface area contributed by atoms with Crippen molar-refractivity contribution in [3.8, 4) is 6.07 Å². The van der Waals surface area contributed by atoms with Crippen LogP contribution in [0.4, 0.5) is 5.82 Å². The van der Waals surface area contributed by atoms with Crippen molar-refractivity contribution in [1.29, 1.82) is 5.26 Å². The van der Waals surface area contributed by atoms with E-state index in [1.54, 1.807) is 38.1 Å². The van der Waals surface area contributed by atoms with Gasteiger partial charge in [0.2, 0.25) is 0 Å². The van der Waals surface area contributed by atoms with Gasteiger partial charge in [0.1, 0.15) is 5.82 Å². The molecule has 0 radical (unpaired) electrons. The summed E-state index contributed by atoms with van der Waals surface area (Å²) in [5.74, 6) is 0.600. The lowest BCUT2D eigenvalue weighted by Gasteiger charge is -2.15. The first-order chi connectivity index (χ1) is 10.3. The van der Waals surface area contributed by atoms with Gasteiger partial charge in [-0.25, -0.2) is 13.4 Å². The van der Waals surface area contributed by atoms with Crippen LogP contribution in [-0.4, -0.2) is 30.9 Å². The minimum Gasteiger partial charge on any atom is -0.367 e. The van der Waals surface area contributed by atoms with Crippen LogP contribution < -0.4 is 5.32 Å². The lowest BCUT2D eigenvalue weighted by Crippen LogP contribution is -2.27. The second-order valence-electron chi connectivity index (χ2n) is 5.07. The number of rotatable bonds is 5. The molecule has 0 aliphatic heterocycles. The molecule has 1 N–H and O–H groups in total. The van der Waals surface area contributed by atoms with Crippen molar-refractivity contribution in [2.45, 2.75) is 19.9 Å². The normalized spacial score (nSPS) is 12.8. The third-order valence-corrected chi connectivity index (χ3v) is 5.35. The smallest absolute Gasteiger partial charge is 0.152 e. The lowest BCUT2D eigenvalue weighted by atomic mass is 10.1. The van der Waals surface area contributed by atoms with Gasteiger partial charge in [0.05, 0.1) is 22.9 Å². The minimum absolute atomic E-state index is 0.0196. The Morgan fingerprint density at radius 2 is 2.14 bits per heavy atom. The number of pyridine rings is 1. The summed E-state index contributed by atoms with van der Waals surface area (Å²) in [7, 11) is -3.08. The Labute approximate surface area is 134 Å². The summed E-state index contributed by atoms with van der Waals surface area (Å²) >= 11 is 5.94. The molecule has 0 aliphatic rings. The SMILES string of the molecule is CCS(=O)(=O)CC(C)Nc1cc(C#N)c2cc(Cl)ccc2n1. The highest BCUT2D eigenvalue weighted by atomic mass is 35.5. The summed E-state index contributed by atoms with van der Waals surface area (Å²) in [4.78, 5) is 4.41. The average molecular weight is 338 g/mol. The largest absolute Gasteiger partial charge is 0.367 e. The van der Waals surface area contributed by atoms with E-state index in [0.29, 0.717) is 27.3 Å². The van der Waals surface area contributed by atoms with Gasteiger partial charge in [-0.3, -0.25) is 0 Å². The van der Waals surface area contributed by atoms with E-state index < -0.39 is 9.84 Å². The number of halogens is 1. The number of aromatic nitrogens is 1. The number of nitrogens with zero attached hydrogens (tertiary/aromatic N) is 2. The second-order valence-corrected chi connectivity index (χ2v) is 7.91. The fraction of sp³-hybridized carbons (Fsp3) is 0.333. The molecule has 7 heteroatoms. The van der Waals surface area contributed by atoms with Crippen LogP contribution >= 0.6 is 11.6 Å². The first-order valence-electron chi connectivity index (χ1n) is 6.82. The predicted molar refractivity (Wildman–Crippen MR) is 88.9 cm³/mol. The van der Waals surface area contributed by atoms with E-state index in [2.05, 4.69) is 16.4 Å². The Kier molecular flexibility index (Phi) is 4.89. The summed E-state index contributed by atoms with van der Waals surface area (Å²) < 4.78 is 23.3. The zero-order chi connectivity index (χ0) is 16.3. The lowest BCUT2D eigenvalue weighted by molar-refractivity contribution is 0.593. The number of sulfone groups is 1. The Hall–Kier alpha value is -1.84. The van der Waals surface area contributed by atoms with Gasteiger partial charge in [-0.2, -0.15) is 5.26 Å². The van der Waals surface area contributed by atoms with E-state index >= 15 is 0 Å². The number of hydrogen-bond donors (Lipinski definition) is 1. The molecule has 0 fully saturated rings. The molecule has 0 spiro atoms. The van der Waals surface area contributed by atoms with Crippen LogP contribution in [-0.2, 0) is 9.84 Å². The van der Waals surface area contributed by atoms with Crippen molar-refractivity contribution in [2.75, 3.05) is 16.8 Å². The van der Waals surface area contributed by atoms with Crippen molar-refractivity contribution in [3.05, 3.63) is 34.9 Å². The van der Waals surface area contributed by atoms with Crippen LogP contribution in [0.3, 0.4) is 0 Å². The van der Waals surface area contributed by atoms with Crippen molar-refractivity contribution in [1.82, 2.24) is 4.98 Å². The van der Waals surface area contributed by atoms with E-state index in [9.17, 15) is 13.7 Å². The van der Waals surface area contributed by atoms with Gasteiger partial charge >= 0.3 is 0 Å². The maximum Gasteiger partial charge on any atom is 0.152 e. The molecule has 5 nitrogen and oxygen atoms in total. The monoisotopic (exact) mass is 337 g/mol. The number of nitriles is 1. The average Bonchev–Trinajstić information content (AvgIpc) is 2.46. The highest BCUT2D eigenvalue weighted by molar-refractivity contribution is 7.91. The van der Waals surface area contributed by atoms with Crippen LogP contribution in [0.15, 0.2) is 24.3 Å². The Balaban J connectivity index is 2.33. The Bertz CT molecular complexity index is 844. The molecule has 2 rings (SSSR count). The van der Waals surface area contributed by atoms with E-state index in [1.165, 1.54) is 0 Å². The molecule has 1 aromatic heterocycles. The van der Waals surface area contributed by atoms with Gasteiger partial charge in [0.15, 0.2) is 9.84 Å². The molecule has 1 atom stereocenters. The first kappa shape index (κ1) is 16.5. The third-order valence-electron chi connectivity index (χ3n) is 3.23. The molecule has 0 bridgehead atoms. The van der Waals surface area contributed by atoms with Gasteiger partial charge in [-0.15, -0.1) is 0 Å². The van der Waals surface area contributed by atoms with Gasteiger partial charge < -0.3 is 5.32 Å². The summed E-state index contributed by atoms with van der Waals surface area (Å²) in [6.07, 6.45) is 0. The molecular weight excluding hydrogens is 322 g/mol. The summed E-state index contributed by atoms with van der Waals surface area (Å²) in [5.41, 5.74) is 1.08. The fourth-order valence-corrected chi connectivity index (χ4v) is 3.41. The van der Waals surface area contributed by atoms with Crippen molar-refractivity contribution in [2.24, 2.45) is 0 Å². The quantitative estimate of drug-likeness (QED) is 0.906. The number of fused-ring (bicyclic) bond motifs is 1. The van der Waals surface area contributed by atoms with E-state index in [1.807, 2.05) is 0 Å². The molecule has 0 saturated carbocycles. The second kappa shape index (κ2) is 6.51. The molecule has 1 unspecified atom stereocenters. The predicted octanol–water partition coefficient (Wildman–Crippen LogP) is 2.99. The number of nitrogens with one attached hydrogen (secondary N) is 1. The van der Waals surface area contributed by atoms with Crippen LogP contribution in [0.1, 0.15) is 19.4 Å². The van der Waals surface area contributed by atoms with Gasteiger partial charge in [-0.05, 0) is 31.2 Å². The molecule has 116 valence electrons. The third kappa shape index (κ3) is 3.87. The summed E-state index contributed by atoms with van der Waals surface area (Å²) in [5, 5.41) is 13.5. The highest BCUT2D eigenvalue weighted by Gasteiger charge is 2.15. The van der Waals surface area contributed by atoms with Crippen LogP contribution in [0.2, 0.25) is 5.02 Å². The Morgan fingerprint density at radius 3 is 2.77 bits per heavy atom. The zero-order valence-corrected chi connectivity index (χ0v) is 13.9. The molecule has 2 aromatic rings. The van der Waals surface area contributed by atoms with Gasteiger partial charge in [0.25, 0.3) is 0 Å². The van der Waals surface area contributed by atoms with Gasteiger partial charge in [0, 0.05) is 22.2 Å². The summed E-state index contributed by atoms with van der Waals surface area (Å²) in [6.45, 7) is 3.39. The minimum atomic E-state index is -3.08. The highest BCUT2D eigenvalue weighted by Crippen LogP contribution is 2.24. The molecule has 0 saturated heterocycles. The van der Waals surface area contributed by atoms with Crippen LogP contribution in [0, 0.1) is 11.3 Å². The first-order valence-corrected chi connectivity index (χ1v) is 9.02. The maximum absolute atomic E-state index is 11.6. The van der Waals surface area contributed by atoms with Crippen molar-refractivity contribution >= 4 is 38.2 Å². The van der Waals surface area contributed by atoms with Crippen molar-refractivity contribution in [3.63, 3.8) is 0 Å². The molecular formula is C15H16ClN3O2S. The fourth-order valence-electron chi connectivity index (χ4n) is 2.16. The van der Waals surface area contributed by atoms with E-state index in [4.69, 9.17) is 11.6 Å². The standard InChI is InChI=1S/C15H16ClN3O2S/c1-3-22(20,21)9-10(2)18-15-6-11(8-17)13-7-12(16)4-5-14(13)19-15/h4-7,10H,3,9H2,1-2H3,(H,18,19).